The maximum Gasteiger partial charge on any atom is 0.231 e. The highest BCUT2D eigenvalue weighted by Crippen LogP contribution is 2.43. The van der Waals surface area contributed by atoms with E-state index in [-0.39, 0.29) is 11.5 Å². The van der Waals surface area contributed by atoms with E-state index >= 15 is 0 Å². The number of ketones is 1. The van der Waals surface area contributed by atoms with E-state index in [0.717, 1.165) is 11.1 Å². The van der Waals surface area contributed by atoms with E-state index in [1.54, 1.807) is 44.6 Å². The summed E-state index contributed by atoms with van der Waals surface area (Å²) in [5.74, 6) is 2.51. The number of carbonyl (C=O) groups is 1. The van der Waals surface area contributed by atoms with Gasteiger partial charge in [-0.25, -0.2) is 0 Å². The summed E-state index contributed by atoms with van der Waals surface area (Å²) in [5, 5.41) is 0.887. The third-order valence-electron chi connectivity index (χ3n) is 5.81. The van der Waals surface area contributed by atoms with Crippen molar-refractivity contribution in [3.05, 3.63) is 86.6 Å². The molecule has 0 aliphatic carbocycles. The zero-order valence-electron chi connectivity index (χ0n) is 18.6. The second-order valence-corrected chi connectivity index (χ2v) is 8.76. The van der Waals surface area contributed by atoms with Gasteiger partial charge < -0.3 is 18.9 Å². The van der Waals surface area contributed by atoms with E-state index in [2.05, 4.69) is 4.90 Å². The average molecular weight is 498 g/mol. The van der Waals surface area contributed by atoms with Gasteiger partial charge in [-0.05, 0) is 48.0 Å². The first-order valence-electron chi connectivity index (χ1n) is 10.6. The first-order valence-corrected chi connectivity index (χ1v) is 11.3. The standard InChI is InChI=1S/C26H21Cl2NO5/c1-31-22-8-6-15(10-23(22)32-2)12-29-13-18-21(33-14-29)9-7-16-25(30)24(34-26(16)18)11-17-19(27)4-3-5-20(17)28/h3-11H,12-14H2,1-2H3/b24-11-. The Morgan fingerprint density at radius 3 is 2.53 bits per heavy atom. The highest BCUT2D eigenvalue weighted by molar-refractivity contribution is 6.37. The van der Waals surface area contributed by atoms with Gasteiger partial charge in [0.1, 0.15) is 18.2 Å². The number of hydrogen-bond donors (Lipinski definition) is 0. The molecule has 0 bridgehead atoms. The Morgan fingerprint density at radius 2 is 1.79 bits per heavy atom. The van der Waals surface area contributed by atoms with Gasteiger partial charge in [-0.1, -0.05) is 35.3 Å². The van der Waals surface area contributed by atoms with E-state index in [1.807, 2.05) is 24.3 Å². The number of allylic oxidation sites excluding steroid dienone is 1. The minimum Gasteiger partial charge on any atom is -0.493 e. The number of carbonyl (C=O) groups excluding carboxylic acids is 1. The van der Waals surface area contributed by atoms with Crippen molar-refractivity contribution in [2.75, 3.05) is 21.0 Å². The van der Waals surface area contributed by atoms with E-state index in [1.165, 1.54) is 0 Å². The maximum atomic E-state index is 13.1. The number of Topliss-reactive ketones (excluding diaryl/α,β-unsaturated/α-hetero) is 1. The molecule has 6 nitrogen and oxygen atoms in total. The van der Waals surface area contributed by atoms with E-state index in [4.69, 9.17) is 42.1 Å². The summed E-state index contributed by atoms with van der Waals surface area (Å²) in [7, 11) is 3.22. The van der Waals surface area contributed by atoms with Crippen LogP contribution in [-0.4, -0.2) is 31.6 Å². The van der Waals surface area contributed by atoms with Crippen molar-refractivity contribution in [3.8, 4) is 23.0 Å². The molecule has 0 N–H and O–H groups in total. The number of halogens is 2. The molecule has 34 heavy (non-hydrogen) atoms. The SMILES string of the molecule is COc1ccc(CN2COc3ccc4c(c3C2)O/C(=C\c2c(Cl)cccc2Cl)C4=O)cc1OC. The van der Waals surface area contributed by atoms with Gasteiger partial charge in [-0.3, -0.25) is 9.69 Å². The third kappa shape index (κ3) is 4.09. The first-order chi connectivity index (χ1) is 16.5. The van der Waals surface area contributed by atoms with Gasteiger partial charge in [0.15, 0.2) is 17.3 Å². The number of methoxy groups -OCH3 is 2. The zero-order valence-corrected chi connectivity index (χ0v) is 20.1. The quantitative estimate of drug-likeness (QED) is 0.404. The van der Waals surface area contributed by atoms with Crippen molar-refractivity contribution >= 4 is 35.1 Å². The Balaban J connectivity index is 1.42. The highest BCUT2D eigenvalue weighted by Gasteiger charge is 2.34. The molecule has 3 aromatic rings. The number of hydrogen-bond acceptors (Lipinski definition) is 6. The lowest BCUT2D eigenvalue weighted by molar-refractivity contribution is 0.0872. The number of benzene rings is 3. The molecule has 5 rings (SSSR count). The minimum atomic E-state index is -0.217. The molecule has 0 aromatic heterocycles. The van der Waals surface area contributed by atoms with Gasteiger partial charge in [0.25, 0.3) is 0 Å². The Kier molecular flexibility index (Phi) is 6.13. The van der Waals surface area contributed by atoms with E-state index < -0.39 is 0 Å². The molecule has 174 valence electrons. The van der Waals surface area contributed by atoms with Crippen LogP contribution in [0, 0.1) is 0 Å². The molecule has 2 aliphatic rings. The highest BCUT2D eigenvalue weighted by atomic mass is 35.5. The number of fused-ring (bicyclic) bond motifs is 3. The molecular formula is C26H21Cl2NO5. The van der Waals surface area contributed by atoms with Crippen LogP contribution in [0.5, 0.6) is 23.0 Å². The van der Waals surface area contributed by atoms with Crippen LogP contribution in [0.15, 0.2) is 54.3 Å². The van der Waals surface area contributed by atoms with Gasteiger partial charge in [-0.2, -0.15) is 0 Å². The lowest BCUT2D eigenvalue weighted by Crippen LogP contribution is -2.31. The molecule has 0 saturated carbocycles. The van der Waals surface area contributed by atoms with Crippen LogP contribution < -0.4 is 18.9 Å². The smallest absolute Gasteiger partial charge is 0.231 e. The molecule has 0 saturated heterocycles. The first kappa shape index (κ1) is 22.6. The molecule has 0 unspecified atom stereocenters. The summed E-state index contributed by atoms with van der Waals surface area (Å²) in [5.41, 5.74) is 2.90. The molecule has 0 spiro atoms. The van der Waals surface area contributed by atoms with Crippen molar-refractivity contribution in [2.45, 2.75) is 13.1 Å². The molecule has 0 radical (unpaired) electrons. The summed E-state index contributed by atoms with van der Waals surface area (Å²) in [6.45, 7) is 1.58. The summed E-state index contributed by atoms with van der Waals surface area (Å²) in [4.78, 5) is 15.2. The molecule has 0 atom stereocenters. The van der Waals surface area contributed by atoms with Crippen LogP contribution in [-0.2, 0) is 13.1 Å². The molecule has 8 heteroatoms. The van der Waals surface area contributed by atoms with E-state index in [9.17, 15) is 4.79 Å². The second kappa shape index (κ2) is 9.22. The third-order valence-corrected chi connectivity index (χ3v) is 6.47. The van der Waals surface area contributed by atoms with Crippen LogP contribution in [0.3, 0.4) is 0 Å². The topological polar surface area (TPSA) is 57.2 Å². The van der Waals surface area contributed by atoms with Crippen molar-refractivity contribution in [1.29, 1.82) is 0 Å². The van der Waals surface area contributed by atoms with Crippen LogP contribution in [0.25, 0.3) is 6.08 Å². The minimum absolute atomic E-state index is 0.176. The number of nitrogens with zero attached hydrogens (tertiary/aromatic N) is 1. The Bertz CT molecular complexity index is 1300. The van der Waals surface area contributed by atoms with Crippen molar-refractivity contribution in [1.82, 2.24) is 4.90 Å². The zero-order chi connectivity index (χ0) is 23.8. The van der Waals surface area contributed by atoms with Crippen molar-refractivity contribution < 1.29 is 23.7 Å². The molecule has 2 aliphatic heterocycles. The predicted molar refractivity (Wildman–Crippen MR) is 130 cm³/mol. The predicted octanol–water partition coefficient (Wildman–Crippen LogP) is 5.98. The lowest BCUT2D eigenvalue weighted by Gasteiger charge is -2.29. The second-order valence-electron chi connectivity index (χ2n) is 7.94. The molecule has 0 amide bonds. The fourth-order valence-electron chi connectivity index (χ4n) is 4.12. The van der Waals surface area contributed by atoms with Crippen LogP contribution in [0.1, 0.15) is 27.0 Å². The molecule has 2 heterocycles. The van der Waals surface area contributed by atoms with Crippen LogP contribution in [0.4, 0.5) is 0 Å². The number of ether oxygens (including phenoxy) is 4. The summed E-state index contributed by atoms with van der Waals surface area (Å²) in [6.07, 6.45) is 1.59. The summed E-state index contributed by atoms with van der Waals surface area (Å²) >= 11 is 12.6. The largest absolute Gasteiger partial charge is 0.493 e. The maximum absolute atomic E-state index is 13.1. The van der Waals surface area contributed by atoms with Crippen molar-refractivity contribution in [3.63, 3.8) is 0 Å². The summed E-state index contributed by atoms with van der Waals surface area (Å²) < 4.78 is 22.8. The van der Waals surface area contributed by atoms with E-state index in [0.29, 0.717) is 64.0 Å². The van der Waals surface area contributed by atoms with Gasteiger partial charge in [0.2, 0.25) is 5.78 Å². The average Bonchev–Trinajstić information content (AvgIpc) is 3.17. The van der Waals surface area contributed by atoms with Crippen molar-refractivity contribution in [2.24, 2.45) is 0 Å². The lowest BCUT2D eigenvalue weighted by atomic mass is 10.0. The molecule has 0 fully saturated rings. The monoisotopic (exact) mass is 497 g/mol. The van der Waals surface area contributed by atoms with Crippen LogP contribution in [0.2, 0.25) is 10.0 Å². The van der Waals surface area contributed by atoms with Gasteiger partial charge in [0.05, 0.1) is 25.3 Å². The Morgan fingerprint density at radius 1 is 1.03 bits per heavy atom. The Labute approximate surface area is 207 Å². The van der Waals surface area contributed by atoms with Gasteiger partial charge in [0, 0.05) is 28.7 Å². The van der Waals surface area contributed by atoms with Crippen LogP contribution >= 0.6 is 23.2 Å². The summed E-state index contributed by atoms with van der Waals surface area (Å²) in [6, 6.07) is 14.5. The fourth-order valence-corrected chi connectivity index (χ4v) is 4.63. The van der Waals surface area contributed by atoms with Gasteiger partial charge in [-0.15, -0.1) is 0 Å². The Hall–Kier alpha value is -3.19. The number of rotatable bonds is 5. The fraction of sp³-hybridized carbons (Fsp3) is 0.192. The molecule has 3 aromatic carbocycles. The molecular weight excluding hydrogens is 477 g/mol. The van der Waals surface area contributed by atoms with Gasteiger partial charge >= 0.3 is 0 Å². The normalized spacial score (nSPS) is 16.0.